The summed E-state index contributed by atoms with van der Waals surface area (Å²) in [4.78, 5) is 22.5. The second kappa shape index (κ2) is 6.40. The maximum atomic E-state index is 11.2. The summed E-state index contributed by atoms with van der Waals surface area (Å²) in [6.07, 6.45) is 1.40. The quantitative estimate of drug-likeness (QED) is 0.499. The van der Waals surface area contributed by atoms with Crippen LogP contribution in [0, 0.1) is 11.8 Å². The molecule has 0 spiro atoms. The van der Waals surface area contributed by atoms with Crippen LogP contribution in [0.4, 0.5) is 0 Å². The van der Waals surface area contributed by atoms with E-state index in [0.29, 0.717) is 12.3 Å². The van der Waals surface area contributed by atoms with Crippen LogP contribution >= 0.6 is 0 Å². The fraction of sp³-hybridized carbons (Fsp3) is 0.800. The third-order valence-electron chi connectivity index (χ3n) is 2.31. The van der Waals surface area contributed by atoms with Crippen molar-refractivity contribution in [3.63, 3.8) is 0 Å². The minimum absolute atomic E-state index is 0.304. The molecule has 0 aliphatic rings. The van der Waals surface area contributed by atoms with Gasteiger partial charge in [0, 0.05) is 0 Å². The van der Waals surface area contributed by atoms with E-state index in [1.54, 1.807) is 0 Å². The third kappa shape index (κ3) is 3.77. The Hall–Kier alpha value is -1.06. The van der Waals surface area contributed by atoms with Crippen LogP contribution in [0.15, 0.2) is 0 Å². The van der Waals surface area contributed by atoms with E-state index in [0.717, 1.165) is 6.42 Å². The van der Waals surface area contributed by atoms with Gasteiger partial charge in [0.25, 0.3) is 0 Å². The van der Waals surface area contributed by atoms with Crippen LogP contribution in [0.3, 0.4) is 0 Å². The number of hydrogen-bond donors (Lipinski definition) is 0. The van der Waals surface area contributed by atoms with Crippen molar-refractivity contribution in [3.8, 4) is 0 Å². The van der Waals surface area contributed by atoms with Gasteiger partial charge in [0.1, 0.15) is 0 Å². The van der Waals surface area contributed by atoms with Crippen molar-refractivity contribution in [1.29, 1.82) is 0 Å². The predicted molar refractivity (Wildman–Crippen MR) is 51.6 cm³/mol. The zero-order valence-electron chi connectivity index (χ0n) is 9.20. The highest BCUT2D eigenvalue weighted by molar-refractivity contribution is 5.94. The highest BCUT2D eigenvalue weighted by atomic mass is 16.5. The Labute approximate surface area is 84.6 Å². The molecule has 0 aromatic carbocycles. The summed E-state index contributed by atoms with van der Waals surface area (Å²) >= 11 is 0. The summed E-state index contributed by atoms with van der Waals surface area (Å²) < 4.78 is 9.08. The van der Waals surface area contributed by atoms with Crippen LogP contribution in [0.1, 0.15) is 26.7 Å². The maximum Gasteiger partial charge on any atom is 0.320 e. The van der Waals surface area contributed by atoms with Gasteiger partial charge < -0.3 is 9.47 Å². The van der Waals surface area contributed by atoms with E-state index >= 15 is 0 Å². The lowest BCUT2D eigenvalue weighted by Gasteiger charge is -2.15. The molecule has 0 heterocycles. The van der Waals surface area contributed by atoms with Crippen LogP contribution in [0.2, 0.25) is 0 Å². The van der Waals surface area contributed by atoms with Gasteiger partial charge in [0.15, 0.2) is 5.92 Å². The number of ether oxygens (including phenoxy) is 2. The molecule has 4 heteroatoms. The van der Waals surface area contributed by atoms with Crippen molar-refractivity contribution >= 4 is 11.9 Å². The Morgan fingerprint density at radius 2 is 1.57 bits per heavy atom. The molecule has 4 nitrogen and oxygen atoms in total. The van der Waals surface area contributed by atoms with Crippen LogP contribution in [-0.4, -0.2) is 26.2 Å². The summed E-state index contributed by atoms with van der Waals surface area (Å²) in [6, 6.07) is 0. The van der Waals surface area contributed by atoms with E-state index in [9.17, 15) is 9.59 Å². The fourth-order valence-corrected chi connectivity index (χ4v) is 1.14. The number of esters is 2. The van der Waals surface area contributed by atoms with Crippen LogP contribution in [0.25, 0.3) is 0 Å². The molecule has 82 valence electrons. The minimum atomic E-state index is -0.778. The van der Waals surface area contributed by atoms with E-state index in [1.807, 2.05) is 13.8 Å². The molecule has 0 N–H and O–H groups in total. The van der Waals surface area contributed by atoms with Gasteiger partial charge in [-0.05, 0) is 12.3 Å². The van der Waals surface area contributed by atoms with Crippen molar-refractivity contribution in [1.82, 2.24) is 0 Å². The average molecular weight is 202 g/mol. The van der Waals surface area contributed by atoms with Crippen molar-refractivity contribution in [2.24, 2.45) is 11.8 Å². The van der Waals surface area contributed by atoms with Gasteiger partial charge in [-0.1, -0.05) is 20.3 Å². The van der Waals surface area contributed by atoms with E-state index < -0.39 is 17.9 Å². The molecular weight excluding hydrogens is 184 g/mol. The Kier molecular flexibility index (Phi) is 5.92. The van der Waals surface area contributed by atoms with Gasteiger partial charge in [-0.15, -0.1) is 0 Å². The zero-order valence-corrected chi connectivity index (χ0v) is 9.20. The number of methoxy groups -OCH3 is 2. The smallest absolute Gasteiger partial charge is 0.320 e. The molecule has 14 heavy (non-hydrogen) atoms. The second-order valence-electron chi connectivity index (χ2n) is 3.35. The fourth-order valence-electron chi connectivity index (χ4n) is 1.14. The van der Waals surface area contributed by atoms with Gasteiger partial charge in [-0.2, -0.15) is 0 Å². The van der Waals surface area contributed by atoms with E-state index in [-0.39, 0.29) is 0 Å². The molecule has 0 amide bonds. The summed E-state index contributed by atoms with van der Waals surface area (Å²) in [5, 5.41) is 0. The molecule has 0 aliphatic carbocycles. The Morgan fingerprint density at radius 3 is 1.86 bits per heavy atom. The molecule has 0 rings (SSSR count). The van der Waals surface area contributed by atoms with Crippen LogP contribution in [0.5, 0.6) is 0 Å². The number of hydrogen-bond acceptors (Lipinski definition) is 4. The highest BCUT2D eigenvalue weighted by Gasteiger charge is 2.29. The first-order chi connectivity index (χ1) is 6.56. The standard InChI is InChI=1S/C10H18O4/c1-5-7(2)6-8(9(11)13-3)10(12)14-4/h7-8H,5-6H2,1-4H3/t7-/m0/s1. The minimum Gasteiger partial charge on any atom is -0.468 e. The lowest BCUT2D eigenvalue weighted by atomic mass is 9.94. The van der Waals surface area contributed by atoms with Gasteiger partial charge in [-0.25, -0.2) is 0 Å². The van der Waals surface area contributed by atoms with E-state index in [4.69, 9.17) is 0 Å². The number of rotatable bonds is 5. The number of carbonyl (C=O) groups is 2. The predicted octanol–water partition coefficient (Wildman–Crippen LogP) is 1.38. The molecule has 0 fully saturated rings. The first kappa shape index (κ1) is 12.9. The summed E-state index contributed by atoms with van der Waals surface area (Å²) in [7, 11) is 2.55. The third-order valence-corrected chi connectivity index (χ3v) is 2.31. The van der Waals surface area contributed by atoms with Crippen molar-refractivity contribution < 1.29 is 19.1 Å². The molecule has 0 aliphatic heterocycles. The molecule has 0 unspecified atom stereocenters. The van der Waals surface area contributed by atoms with Crippen LogP contribution < -0.4 is 0 Å². The summed E-state index contributed by atoms with van der Waals surface area (Å²) in [5.41, 5.74) is 0. The molecule has 0 radical (unpaired) electrons. The van der Waals surface area contributed by atoms with Crippen molar-refractivity contribution in [3.05, 3.63) is 0 Å². The highest BCUT2D eigenvalue weighted by Crippen LogP contribution is 2.17. The lowest BCUT2D eigenvalue weighted by Crippen LogP contribution is -2.28. The second-order valence-corrected chi connectivity index (χ2v) is 3.35. The van der Waals surface area contributed by atoms with Gasteiger partial charge in [0.2, 0.25) is 0 Å². The molecule has 0 saturated heterocycles. The molecular formula is C10H18O4. The van der Waals surface area contributed by atoms with Gasteiger partial charge >= 0.3 is 11.9 Å². The zero-order chi connectivity index (χ0) is 11.1. The van der Waals surface area contributed by atoms with Crippen molar-refractivity contribution in [2.75, 3.05) is 14.2 Å². The lowest BCUT2D eigenvalue weighted by molar-refractivity contribution is -0.159. The van der Waals surface area contributed by atoms with Gasteiger partial charge in [0.05, 0.1) is 14.2 Å². The molecule has 0 aromatic rings. The Morgan fingerprint density at radius 1 is 1.14 bits per heavy atom. The summed E-state index contributed by atoms with van der Waals surface area (Å²) in [5.74, 6) is -1.51. The van der Waals surface area contributed by atoms with Crippen LogP contribution in [-0.2, 0) is 19.1 Å². The Balaban J connectivity index is 4.40. The van der Waals surface area contributed by atoms with Gasteiger partial charge in [-0.3, -0.25) is 9.59 Å². The van der Waals surface area contributed by atoms with E-state index in [1.165, 1.54) is 14.2 Å². The first-order valence-corrected chi connectivity index (χ1v) is 4.72. The maximum absolute atomic E-state index is 11.2. The van der Waals surface area contributed by atoms with Crippen molar-refractivity contribution in [2.45, 2.75) is 26.7 Å². The average Bonchev–Trinajstić information content (AvgIpc) is 2.23. The van der Waals surface area contributed by atoms with E-state index in [2.05, 4.69) is 9.47 Å². The topological polar surface area (TPSA) is 52.6 Å². The largest absolute Gasteiger partial charge is 0.468 e. The molecule has 0 bridgehead atoms. The Bertz CT molecular complexity index is 184. The molecule has 0 aromatic heterocycles. The first-order valence-electron chi connectivity index (χ1n) is 4.72. The summed E-state index contributed by atoms with van der Waals surface area (Å²) in [6.45, 7) is 4.00. The number of carbonyl (C=O) groups excluding carboxylic acids is 2. The normalized spacial score (nSPS) is 12.4. The molecule has 0 saturated carbocycles. The molecule has 1 atom stereocenters. The monoisotopic (exact) mass is 202 g/mol. The SMILES string of the molecule is CC[C@H](C)CC(C(=O)OC)C(=O)OC.